The monoisotopic (exact) mass is 244 g/mol. The molecule has 1 aliphatic heterocycles. The van der Waals surface area contributed by atoms with Crippen molar-refractivity contribution in [1.82, 2.24) is 19.5 Å². The molecular formula is C14H20N4. The molecule has 96 valence electrons. The van der Waals surface area contributed by atoms with Crippen LogP contribution in [0.1, 0.15) is 37.1 Å². The summed E-state index contributed by atoms with van der Waals surface area (Å²) in [4.78, 5) is 7.16. The van der Waals surface area contributed by atoms with E-state index in [-0.39, 0.29) is 0 Å². The number of aryl methyl sites for hydroxylation is 1. The van der Waals surface area contributed by atoms with E-state index >= 15 is 0 Å². The van der Waals surface area contributed by atoms with E-state index in [0.717, 1.165) is 18.0 Å². The Labute approximate surface area is 108 Å². The normalized spacial score (nSPS) is 18.6. The molecule has 18 heavy (non-hydrogen) atoms. The quantitative estimate of drug-likeness (QED) is 0.812. The molecule has 0 atom stereocenters. The van der Waals surface area contributed by atoms with Gasteiger partial charge in [-0.1, -0.05) is 13.0 Å². The lowest BCUT2D eigenvalue weighted by Crippen LogP contribution is -2.32. The van der Waals surface area contributed by atoms with E-state index in [2.05, 4.69) is 34.9 Å². The minimum Gasteiger partial charge on any atom is -0.304 e. The number of fused-ring (bicyclic) bond motifs is 1. The fourth-order valence-corrected chi connectivity index (χ4v) is 2.68. The van der Waals surface area contributed by atoms with Gasteiger partial charge >= 0.3 is 0 Å². The molecule has 0 radical (unpaired) electrons. The first-order valence-electron chi connectivity index (χ1n) is 6.81. The Balaban J connectivity index is 1.82. The fraction of sp³-hybridized carbons (Fsp3) is 0.571. The average molecular weight is 244 g/mol. The van der Waals surface area contributed by atoms with Crippen molar-refractivity contribution in [3.05, 3.63) is 29.7 Å². The van der Waals surface area contributed by atoms with Crippen LogP contribution in [-0.4, -0.2) is 39.1 Å². The fourth-order valence-electron chi connectivity index (χ4n) is 2.68. The van der Waals surface area contributed by atoms with E-state index in [9.17, 15) is 0 Å². The number of likely N-dealkylation sites (tertiary alicyclic amines) is 1. The van der Waals surface area contributed by atoms with Crippen LogP contribution in [0.2, 0.25) is 0 Å². The summed E-state index contributed by atoms with van der Waals surface area (Å²) in [5.74, 6) is 1.56. The highest BCUT2D eigenvalue weighted by atomic mass is 15.3. The average Bonchev–Trinajstić information content (AvgIpc) is 2.81. The van der Waals surface area contributed by atoms with Gasteiger partial charge in [-0.2, -0.15) is 5.10 Å². The third kappa shape index (κ3) is 2.12. The minimum atomic E-state index is 0.535. The first-order valence-corrected chi connectivity index (χ1v) is 6.81. The topological polar surface area (TPSA) is 33.4 Å². The molecule has 4 heteroatoms. The number of hydrogen-bond acceptors (Lipinski definition) is 3. The Morgan fingerprint density at radius 2 is 2.06 bits per heavy atom. The van der Waals surface area contributed by atoms with E-state index in [1.807, 2.05) is 16.8 Å². The largest absolute Gasteiger partial charge is 0.304 e. The van der Waals surface area contributed by atoms with Crippen molar-refractivity contribution in [1.29, 1.82) is 0 Å². The molecule has 0 N–H and O–H groups in total. The third-order valence-corrected chi connectivity index (χ3v) is 3.90. The Bertz CT molecular complexity index is 538. The molecule has 4 nitrogen and oxygen atoms in total. The summed E-state index contributed by atoms with van der Waals surface area (Å²) in [6.07, 6.45) is 4.42. The van der Waals surface area contributed by atoms with Gasteiger partial charge in [0.25, 0.3) is 0 Å². The van der Waals surface area contributed by atoms with Crippen molar-refractivity contribution in [3.63, 3.8) is 0 Å². The summed E-state index contributed by atoms with van der Waals surface area (Å²) in [5, 5.41) is 4.64. The van der Waals surface area contributed by atoms with Gasteiger partial charge in [-0.15, -0.1) is 0 Å². The van der Waals surface area contributed by atoms with Crippen LogP contribution in [0.5, 0.6) is 0 Å². The zero-order valence-corrected chi connectivity index (χ0v) is 11.1. The maximum Gasteiger partial charge on any atom is 0.155 e. The number of pyridine rings is 1. The Morgan fingerprint density at radius 1 is 1.28 bits per heavy atom. The van der Waals surface area contributed by atoms with Gasteiger partial charge in [-0.25, -0.2) is 9.50 Å². The van der Waals surface area contributed by atoms with E-state index in [1.165, 1.54) is 31.5 Å². The van der Waals surface area contributed by atoms with Crippen LogP contribution < -0.4 is 0 Å². The summed E-state index contributed by atoms with van der Waals surface area (Å²) in [7, 11) is 0. The molecule has 1 aliphatic rings. The Morgan fingerprint density at radius 3 is 2.78 bits per heavy atom. The van der Waals surface area contributed by atoms with Gasteiger partial charge in [0, 0.05) is 12.1 Å². The number of hydrogen-bond donors (Lipinski definition) is 0. The molecule has 2 aromatic heterocycles. The van der Waals surface area contributed by atoms with Crippen molar-refractivity contribution >= 4 is 5.65 Å². The standard InChI is InChI=1S/C14H20N4/c1-3-17-8-6-12(7-9-17)14-15-13-5-4-11(2)10-18(13)16-14/h4-5,10,12H,3,6-9H2,1-2H3. The smallest absolute Gasteiger partial charge is 0.155 e. The van der Waals surface area contributed by atoms with Gasteiger partial charge in [-0.3, -0.25) is 0 Å². The van der Waals surface area contributed by atoms with Crippen molar-refractivity contribution in [2.75, 3.05) is 19.6 Å². The number of rotatable bonds is 2. The molecule has 0 saturated carbocycles. The highest BCUT2D eigenvalue weighted by Crippen LogP contribution is 2.25. The molecule has 1 fully saturated rings. The lowest BCUT2D eigenvalue weighted by Gasteiger charge is -2.29. The Kier molecular flexibility index (Phi) is 3.04. The van der Waals surface area contributed by atoms with Crippen molar-refractivity contribution in [2.24, 2.45) is 0 Å². The van der Waals surface area contributed by atoms with Gasteiger partial charge in [0.15, 0.2) is 11.5 Å². The zero-order valence-electron chi connectivity index (χ0n) is 11.1. The van der Waals surface area contributed by atoms with Crippen molar-refractivity contribution in [2.45, 2.75) is 32.6 Å². The first kappa shape index (κ1) is 11.7. The maximum absolute atomic E-state index is 4.66. The number of piperidine rings is 1. The van der Waals surface area contributed by atoms with Gasteiger partial charge in [0.1, 0.15) is 0 Å². The minimum absolute atomic E-state index is 0.535. The molecule has 1 saturated heterocycles. The third-order valence-electron chi connectivity index (χ3n) is 3.90. The van der Waals surface area contributed by atoms with Gasteiger partial charge < -0.3 is 4.90 Å². The predicted molar refractivity (Wildman–Crippen MR) is 71.8 cm³/mol. The zero-order chi connectivity index (χ0) is 12.5. The lowest BCUT2D eigenvalue weighted by molar-refractivity contribution is 0.219. The van der Waals surface area contributed by atoms with Crippen LogP contribution >= 0.6 is 0 Å². The second kappa shape index (κ2) is 4.69. The van der Waals surface area contributed by atoms with Gasteiger partial charge in [0.2, 0.25) is 0 Å². The molecule has 3 rings (SSSR count). The molecule has 2 aromatic rings. The molecule has 0 bridgehead atoms. The van der Waals surface area contributed by atoms with E-state index in [0.29, 0.717) is 5.92 Å². The van der Waals surface area contributed by atoms with E-state index in [4.69, 9.17) is 0 Å². The summed E-state index contributed by atoms with van der Waals surface area (Å²) in [5.41, 5.74) is 2.19. The van der Waals surface area contributed by atoms with Crippen molar-refractivity contribution in [3.8, 4) is 0 Å². The second-order valence-electron chi connectivity index (χ2n) is 5.19. The molecule has 3 heterocycles. The summed E-state index contributed by atoms with van der Waals surface area (Å²) >= 11 is 0. The molecule has 0 aliphatic carbocycles. The van der Waals surface area contributed by atoms with Crippen LogP contribution in [-0.2, 0) is 0 Å². The van der Waals surface area contributed by atoms with Gasteiger partial charge in [-0.05, 0) is 51.0 Å². The number of aromatic nitrogens is 3. The van der Waals surface area contributed by atoms with Crippen LogP contribution in [0.4, 0.5) is 0 Å². The highest BCUT2D eigenvalue weighted by Gasteiger charge is 2.22. The van der Waals surface area contributed by atoms with Crippen LogP contribution in [0.15, 0.2) is 18.3 Å². The maximum atomic E-state index is 4.66. The lowest BCUT2D eigenvalue weighted by atomic mass is 9.96. The molecule has 0 amide bonds. The summed E-state index contributed by atoms with van der Waals surface area (Å²) < 4.78 is 1.91. The van der Waals surface area contributed by atoms with Crippen LogP contribution in [0, 0.1) is 6.92 Å². The molecule has 0 unspecified atom stereocenters. The number of nitrogens with zero attached hydrogens (tertiary/aromatic N) is 4. The predicted octanol–water partition coefficient (Wildman–Crippen LogP) is 2.24. The highest BCUT2D eigenvalue weighted by molar-refractivity contribution is 5.38. The molecule has 0 aromatic carbocycles. The second-order valence-corrected chi connectivity index (χ2v) is 5.19. The first-order chi connectivity index (χ1) is 8.76. The summed E-state index contributed by atoms with van der Waals surface area (Å²) in [6.45, 7) is 7.82. The molecule has 0 spiro atoms. The van der Waals surface area contributed by atoms with E-state index < -0.39 is 0 Å². The summed E-state index contributed by atoms with van der Waals surface area (Å²) in [6, 6.07) is 4.14. The molecular weight excluding hydrogens is 224 g/mol. The van der Waals surface area contributed by atoms with Gasteiger partial charge in [0.05, 0.1) is 0 Å². The van der Waals surface area contributed by atoms with Crippen molar-refractivity contribution < 1.29 is 0 Å². The Hall–Kier alpha value is -1.42. The van der Waals surface area contributed by atoms with Crippen LogP contribution in [0.3, 0.4) is 0 Å². The van der Waals surface area contributed by atoms with Crippen LogP contribution in [0.25, 0.3) is 5.65 Å². The SMILES string of the molecule is CCN1CCC(c2nc3ccc(C)cn3n2)CC1. The van der Waals surface area contributed by atoms with E-state index in [1.54, 1.807) is 0 Å².